The number of benzene rings is 2. The third-order valence-corrected chi connectivity index (χ3v) is 5.12. The van der Waals surface area contributed by atoms with Crippen LogP contribution in [0.3, 0.4) is 0 Å². The van der Waals surface area contributed by atoms with Crippen molar-refractivity contribution in [1.29, 1.82) is 0 Å². The Morgan fingerprint density at radius 2 is 1.79 bits per heavy atom. The van der Waals surface area contributed by atoms with Gasteiger partial charge in [-0.05, 0) is 17.7 Å². The van der Waals surface area contributed by atoms with Gasteiger partial charge in [-0.2, -0.15) is 0 Å². The Kier molecular flexibility index (Phi) is 6.67. The number of imide groups is 1. The summed E-state index contributed by atoms with van der Waals surface area (Å²) in [7, 11) is 1.45. The Labute approximate surface area is 171 Å². The van der Waals surface area contributed by atoms with E-state index in [1.165, 1.54) is 18.8 Å². The number of thioether (sulfide) groups is 1. The minimum atomic E-state index is -0.548. The second-order valence-corrected chi connectivity index (χ2v) is 7.12. The first-order valence-electron chi connectivity index (χ1n) is 8.45. The molecule has 0 aliphatic heterocycles. The third-order valence-electron chi connectivity index (χ3n) is 3.83. The van der Waals surface area contributed by atoms with Crippen molar-refractivity contribution >= 4 is 35.3 Å². The van der Waals surface area contributed by atoms with Gasteiger partial charge in [0.25, 0.3) is 0 Å². The molecule has 144 valence electrons. The van der Waals surface area contributed by atoms with Crippen molar-refractivity contribution in [2.24, 2.45) is 0 Å². The number of carbonyl (C=O) groups excluding carboxylic acids is 2. The normalized spacial score (nSPS) is 10.5. The maximum absolute atomic E-state index is 11.9. The summed E-state index contributed by atoms with van der Waals surface area (Å²) in [6, 6.07) is 16.7. The Bertz CT molecular complexity index is 977. The minimum Gasteiger partial charge on any atom is -0.341 e. The van der Waals surface area contributed by atoms with Gasteiger partial charge in [0, 0.05) is 12.6 Å². The summed E-state index contributed by atoms with van der Waals surface area (Å²) in [4.78, 5) is 23.2. The van der Waals surface area contributed by atoms with Crippen LogP contribution >= 0.6 is 23.4 Å². The smallest absolute Gasteiger partial charge is 0.321 e. The van der Waals surface area contributed by atoms with Gasteiger partial charge in [-0.25, -0.2) is 4.79 Å². The number of carbonyl (C=O) groups is 2. The molecule has 0 aliphatic carbocycles. The van der Waals surface area contributed by atoms with E-state index < -0.39 is 11.9 Å². The first kappa shape index (κ1) is 19.9. The van der Waals surface area contributed by atoms with Gasteiger partial charge >= 0.3 is 6.03 Å². The average molecular weight is 416 g/mol. The number of nitrogens with one attached hydrogen (secondary N) is 2. The molecule has 28 heavy (non-hydrogen) atoms. The zero-order chi connectivity index (χ0) is 19.9. The van der Waals surface area contributed by atoms with Crippen LogP contribution in [0, 0.1) is 0 Å². The molecule has 0 saturated heterocycles. The molecular weight excluding hydrogens is 398 g/mol. The molecule has 0 radical (unpaired) electrons. The summed E-state index contributed by atoms with van der Waals surface area (Å²) in [6.07, 6.45) is 0. The van der Waals surface area contributed by atoms with Crippen LogP contribution in [0.5, 0.6) is 0 Å². The molecule has 1 aromatic heterocycles. The van der Waals surface area contributed by atoms with Gasteiger partial charge in [-0.3, -0.25) is 14.7 Å². The summed E-state index contributed by atoms with van der Waals surface area (Å²) in [5.74, 6) is 0.227. The first-order chi connectivity index (χ1) is 13.6. The van der Waals surface area contributed by atoms with Crippen molar-refractivity contribution in [1.82, 2.24) is 25.4 Å². The van der Waals surface area contributed by atoms with Crippen LogP contribution in [0.25, 0.3) is 11.4 Å². The highest BCUT2D eigenvalue weighted by Gasteiger charge is 2.18. The second kappa shape index (κ2) is 9.38. The summed E-state index contributed by atoms with van der Waals surface area (Å²) < 4.78 is 1.91. The molecule has 3 aromatic rings. The highest BCUT2D eigenvalue weighted by molar-refractivity contribution is 7.99. The highest BCUT2D eigenvalue weighted by atomic mass is 35.5. The molecule has 0 fully saturated rings. The van der Waals surface area contributed by atoms with Crippen molar-refractivity contribution in [2.45, 2.75) is 11.7 Å². The van der Waals surface area contributed by atoms with E-state index in [2.05, 4.69) is 20.8 Å². The molecule has 2 aromatic carbocycles. The van der Waals surface area contributed by atoms with Crippen LogP contribution in [-0.2, 0) is 11.3 Å². The van der Waals surface area contributed by atoms with Crippen LogP contribution in [0.1, 0.15) is 5.56 Å². The molecule has 0 spiro atoms. The molecular formula is C19H18ClN5O2S. The van der Waals surface area contributed by atoms with E-state index in [-0.39, 0.29) is 5.75 Å². The summed E-state index contributed by atoms with van der Waals surface area (Å²) >= 11 is 7.55. The molecule has 0 saturated carbocycles. The quantitative estimate of drug-likeness (QED) is 0.603. The lowest BCUT2D eigenvalue weighted by atomic mass is 10.2. The van der Waals surface area contributed by atoms with Crippen molar-refractivity contribution < 1.29 is 9.59 Å². The Balaban J connectivity index is 1.88. The fourth-order valence-electron chi connectivity index (χ4n) is 2.50. The standard InChI is InChI=1S/C19H18ClN5O2S/c1-21-18(27)22-16(26)12-28-19-24-23-17(14-9-5-6-10-15(14)20)25(19)11-13-7-3-2-4-8-13/h2-10H,11-12H2,1H3,(H2,21,22,26,27). The van der Waals surface area contributed by atoms with Crippen LogP contribution in [0.2, 0.25) is 5.02 Å². The molecule has 7 nitrogen and oxygen atoms in total. The van der Waals surface area contributed by atoms with Crippen molar-refractivity contribution in [3.63, 3.8) is 0 Å². The number of urea groups is 1. The molecule has 9 heteroatoms. The third kappa shape index (κ3) is 4.90. The number of nitrogens with zero attached hydrogens (tertiary/aromatic N) is 3. The Morgan fingerprint density at radius 3 is 2.50 bits per heavy atom. The number of hydrogen-bond donors (Lipinski definition) is 2. The number of aromatic nitrogens is 3. The number of amides is 3. The second-order valence-electron chi connectivity index (χ2n) is 5.77. The maximum atomic E-state index is 11.9. The summed E-state index contributed by atoms with van der Waals surface area (Å²) in [5, 5.41) is 14.2. The van der Waals surface area contributed by atoms with Crippen molar-refractivity contribution in [3.8, 4) is 11.4 Å². The molecule has 2 N–H and O–H groups in total. The van der Waals surface area contributed by atoms with Crippen molar-refractivity contribution in [3.05, 3.63) is 65.2 Å². The first-order valence-corrected chi connectivity index (χ1v) is 9.81. The predicted molar refractivity (Wildman–Crippen MR) is 109 cm³/mol. The SMILES string of the molecule is CNC(=O)NC(=O)CSc1nnc(-c2ccccc2Cl)n1Cc1ccccc1. The van der Waals surface area contributed by atoms with E-state index in [9.17, 15) is 9.59 Å². The van der Waals surface area contributed by atoms with Crippen LogP contribution in [0.4, 0.5) is 4.79 Å². The fraction of sp³-hybridized carbons (Fsp3) is 0.158. The maximum Gasteiger partial charge on any atom is 0.321 e. The van der Waals surface area contributed by atoms with Gasteiger partial charge < -0.3 is 5.32 Å². The van der Waals surface area contributed by atoms with E-state index in [0.717, 1.165) is 11.1 Å². The van der Waals surface area contributed by atoms with Gasteiger partial charge in [0.2, 0.25) is 5.91 Å². The van der Waals surface area contributed by atoms with Gasteiger partial charge in [0.15, 0.2) is 11.0 Å². The van der Waals surface area contributed by atoms with E-state index in [1.807, 2.05) is 53.1 Å². The zero-order valence-corrected chi connectivity index (χ0v) is 16.6. The summed E-state index contributed by atoms with van der Waals surface area (Å²) in [6.45, 7) is 0.522. The number of halogens is 1. The molecule has 0 atom stereocenters. The van der Waals surface area contributed by atoms with Crippen molar-refractivity contribution in [2.75, 3.05) is 12.8 Å². The van der Waals surface area contributed by atoms with Gasteiger partial charge in [0.1, 0.15) is 0 Å². The molecule has 1 heterocycles. The largest absolute Gasteiger partial charge is 0.341 e. The van der Waals surface area contributed by atoms with Crippen LogP contribution in [-0.4, -0.2) is 39.5 Å². The van der Waals surface area contributed by atoms with E-state index in [0.29, 0.717) is 22.5 Å². The molecule has 3 amide bonds. The minimum absolute atomic E-state index is 0.0306. The fourth-order valence-corrected chi connectivity index (χ4v) is 3.46. The lowest BCUT2D eigenvalue weighted by Gasteiger charge is -2.11. The van der Waals surface area contributed by atoms with E-state index in [4.69, 9.17) is 11.6 Å². The van der Waals surface area contributed by atoms with Gasteiger partial charge in [-0.15, -0.1) is 10.2 Å². The predicted octanol–water partition coefficient (Wildman–Crippen LogP) is 3.19. The van der Waals surface area contributed by atoms with Crippen LogP contribution in [0.15, 0.2) is 59.8 Å². The van der Waals surface area contributed by atoms with E-state index in [1.54, 1.807) is 6.07 Å². The zero-order valence-electron chi connectivity index (χ0n) is 15.1. The van der Waals surface area contributed by atoms with Gasteiger partial charge in [0.05, 0.1) is 17.3 Å². The lowest BCUT2D eigenvalue weighted by Crippen LogP contribution is -2.38. The highest BCUT2D eigenvalue weighted by Crippen LogP contribution is 2.29. The van der Waals surface area contributed by atoms with E-state index >= 15 is 0 Å². The van der Waals surface area contributed by atoms with Gasteiger partial charge in [-0.1, -0.05) is 65.8 Å². The molecule has 0 bridgehead atoms. The molecule has 0 aliphatic rings. The summed E-state index contributed by atoms with van der Waals surface area (Å²) in [5.41, 5.74) is 1.82. The van der Waals surface area contributed by atoms with Crippen LogP contribution < -0.4 is 10.6 Å². The Hall–Kier alpha value is -2.84. The topological polar surface area (TPSA) is 88.9 Å². The number of hydrogen-bond acceptors (Lipinski definition) is 5. The lowest BCUT2D eigenvalue weighted by molar-refractivity contribution is -0.117. The molecule has 0 unspecified atom stereocenters. The monoisotopic (exact) mass is 415 g/mol. The number of rotatable bonds is 6. The average Bonchev–Trinajstić information content (AvgIpc) is 3.09. The Morgan fingerprint density at radius 1 is 1.07 bits per heavy atom. The molecule has 3 rings (SSSR count).